The van der Waals surface area contributed by atoms with Gasteiger partial charge in [0.2, 0.25) is 5.95 Å². The summed E-state index contributed by atoms with van der Waals surface area (Å²) in [4.78, 5) is 17.1. The Bertz CT molecular complexity index is 438. The Morgan fingerprint density at radius 2 is 1.74 bits per heavy atom. The molecule has 1 aromatic heterocycles. The summed E-state index contributed by atoms with van der Waals surface area (Å²) < 4.78 is 5.09. The number of likely N-dealkylation sites (N-methyl/N-ethyl adjacent to an activating group) is 1. The lowest BCUT2D eigenvalue weighted by atomic mass is 10.1. The molecule has 1 aromatic rings. The molecule has 0 unspecified atom stereocenters. The van der Waals surface area contributed by atoms with E-state index < -0.39 is 5.60 Å². The van der Waals surface area contributed by atoms with Gasteiger partial charge in [-0.2, -0.15) is 15.0 Å². The molecule has 2 rings (SSSR count). The van der Waals surface area contributed by atoms with Crippen molar-refractivity contribution in [2.24, 2.45) is 0 Å². The highest BCUT2D eigenvalue weighted by Gasteiger charge is 2.25. The van der Waals surface area contributed by atoms with E-state index in [9.17, 15) is 5.11 Å². The Kier molecular flexibility index (Phi) is 3.86. The molecule has 0 saturated carbocycles. The number of anilines is 1. The topological polar surface area (TPSA) is 74.6 Å². The molecule has 1 saturated heterocycles. The van der Waals surface area contributed by atoms with Gasteiger partial charge in [0, 0.05) is 26.2 Å². The third-order valence-electron chi connectivity index (χ3n) is 3.12. The molecular formula is C12H21N5O2. The van der Waals surface area contributed by atoms with Gasteiger partial charge in [-0.05, 0) is 20.9 Å². The van der Waals surface area contributed by atoms with Gasteiger partial charge in [-0.1, -0.05) is 0 Å². The van der Waals surface area contributed by atoms with Crippen LogP contribution in [0.5, 0.6) is 6.01 Å². The van der Waals surface area contributed by atoms with Crippen molar-refractivity contribution >= 4 is 5.95 Å². The fraction of sp³-hybridized carbons (Fsp3) is 0.750. The quantitative estimate of drug-likeness (QED) is 0.817. The normalized spacial score (nSPS) is 17.6. The lowest BCUT2D eigenvalue weighted by Crippen LogP contribution is -2.45. The van der Waals surface area contributed by atoms with Gasteiger partial charge in [0.25, 0.3) is 0 Å². The first-order chi connectivity index (χ1) is 8.90. The van der Waals surface area contributed by atoms with E-state index in [-0.39, 0.29) is 6.01 Å². The van der Waals surface area contributed by atoms with Crippen LogP contribution in [0.3, 0.4) is 0 Å². The van der Waals surface area contributed by atoms with E-state index in [2.05, 4.69) is 31.8 Å². The molecule has 7 heteroatoms. The Morgan fingerprint density at radius 3 is 2.26 bits per heavy atom. The molecule has 0 aromatic carbocycles. The second-order valence-electron chi connectivity index (χ2n) is 5.30. The van der Waals surface area contributed by atoms with E-state index in [1.807, 2.05) is 0 Å². The second kappa shape index (κ2) is 5.26. The summed E-state index contributed by atoms with van der Waals surface area (Å²) in [6.07, 6.45) is 0. The molecule has 1 N–H and O–H groups in total. The lowest BCUT2D eigenvalue weighted by Gasteiger charge is -2.32. The smallest absolute Gasteiger partial charge is 0.321 e. The molecule has 0 bridgehead atoms. The largest absolute Gasteiger partial charge is 0.467 e. The van der Waals surface area contributed by atoms with Gasteiger partial charge in [-0.3, -0.25) is 0 Å². The first-order valence-electron chi connectivity index (χ1n) is 6.36. The average Bonchev–Trinajstić information content (AvgIpc) is 2.38. The zero-order chi connectivity index (χ0) is 14.0. The molecule has 0 aliphatic carbocycles. The molecule has 0 radical (unpaired) electrons. The fourth-order valence-corrected chi connectivity index (χ4v) is 1.86. The average molecular weight is 267 g/mol. The van der Waals surface area contributed by atoms with Crippen LogP contribution in [0.4, 0.5) is 5.95 Å². The number of aliphatic hydroxyl groups is 1. The van der Waals surface area contributed by atoms with Crippen molar-refractivity contribution in [2.75, 3.05) is 45.2 Å². The second-order valence-corrected chi connectivity index (χ2v) is 5.30. The number of hydrogen-bond donors (Lipinski definition) is 1. The van der Waals surface area contributed by atoms with Crippen molar-refractivity contribution in [1.82, 2.24) is 19.9 Å². The summed E-state index contributed by atoms with van der Waals surface area (Å²) in [6, 6.07) is 0.237. The maximum Gasteiger partial charge on any atom is 0.321 e. The number of hydrogen-bond acceptors (Lipinski definition) is 7. The van der Waals surface area contributed by atoms with E-state index in [4.69, 9.17) is 4.74 Å². The van der Waals surface area contributed by atoms with Gasteiger partial charge in [0.15, 0.2) is 5.82 Å². The van der Waals surface area contributed by atoms with Crippen molar-refractivity contribution in [1.29, 1.82) is 0 Å². The van der Waals surface area contributed by atoms with Gasteiger partial charge < -0.3 is 19.6 Å². The summed E-state index contributed by atoms with van der Waals surface area (Å²) in [7, 11) is 3.60. The minimum absolute atomic E-state index is 0.237. The minimum atomic E-state index is -1.11. The molecule has 1 aliphatic heterocycles. The number of ether oxygens (including phenoxy) is 1. The predicted molar refractivity (Wildman–Crippen MR) is 71.3 cm³/mol. The monoisotopic (exact) mass is 267 g/mol. The third-order valence-corrected chi connectivity index (χ3v) is 3.12. The molecule has 1 aliphatic rings. The van der Waals surface area contributed by atoms with E-state index in [0.29, 0.717) is 11.8 Å². The first-order valence-corrected chi connectivity index (χ1v) is 6.36. The number of aromatic nitrogens is 3. The predicted octanol–water partition coefficient (Wildman–Crippen LogP) is -0.141. The van der Waals surface area contributed by atoms with Crippen molar-refractivity contribution in [3.63, 3.8) is 0 Å². The summed E-state index contributed by atoms with van der Waals surface area (Å²) in [6.45, 7) is 6.94. The Hall–Kier alpha value is -1.47. The Morgan fingerprint density at radius 1 is 1.11 bits per heavy atom. The SMILES string of the molecule is COc1nc(N2CCN(C)CC2)nc(C(C)(C)O)n1. The summed E-state index contributed by atoms with van der Waals surface area (Å²) in [5, 5.41) is 10.0. The van der Waals surface area contributed by atoms with E-state index >= 15 is 0 Å². The maximum absolute atomic E-state index is 10.0. The third kappa shape index (κ3) is 3.30. The van der Waals surface area contributed by atoms with E-state index in [1.54, 1.807) is 13.8 Å². The van der Waals surface area contributed by atoms with Crippen molar-refractivity contribution < 1.29 is 9.84 Å². The zero-order valence-electron chi connectivity index (χ0n) is 11.9. The number of piperazine rings is 1. The standard InChI is InChI=1S/C12H21N5O2/c1-12(2,18)9-13-10(15-11(14-9)19-4)17-7-5-16(3)6-8-17/h18H,5-8H2,1-4H3. The minimum Gasteiger partial charge on any atom is -0.467 e. The highest BCUT2D eigenvalue weighted by Crippen LogP contribution is 2.21. The van der Waals surface area contributed by atoms with Gasteiger partial charge in [-0.15, -0.1) is 0 Å². The molecule has 0 amide bonds. The molecule has 0 atom stereocenters. The molecule has 1 fully saturated rings. The number of nitrogens with zero attached hydrogens (tertiary/aromatic N) is 5. The lowest BCUT2D eigenvalue weighted by molar-refractivity contribution is 0.0675. The molecule has 0 spiro atoms. The molecule has 106 valence electrons. The summed E-state index contributed by atoms with van der Waals surface area (Å²) in [5.41, 5.74) is -1.11. The van der Waals surface area contributed by atoms with Crippen LogP contribution in [-0.4, -0.2) is 65.3 Å². The van der Waals surface area contributed by atoms with Gasteiger partial charge in [0.1, 0.15) is 5.60 Å². The Labute approximate surface area is 113 Å². The van der Waals surface area contributed by atoms with Crippen molar-refractivity contribution in [2.45, 2.75) is 19.4 Å². The van der Waals surface area contributed by atoms with Crippen LogP contribution in [0.25, 0.3) is 0 Å². The first kappa shape index (κ1) is 14.0. The van der Waals surface area contributed by atoms with Crippen molar-refractivity contribution in [3.05, 3.63) is 5.82 Å². The van der Waals surface area contributed by atoms with Gasteiger partial charge >= 0.3 is 6.01 Å². The van der Waals surface area contributed by atoms with Crippen LogP contribution in [0.1, 0.15) is 19.7 Å². The van der Waals surface area contributed by atoms with Crippen LogP contribution in [0, 0.1) is 0 Å². The summed E-state index contributed by atoms with van der Waals surface area (Å²) >= 11 is 0. The van der Waals surface area contributed by atoms with Crippen LogP contribution < -0.4 is 9.64 Å². The summed E-state index contributed by atoms with van der Waals surface area (Å²) in [5.74, 6) is 0.894. The number of methoxy groups -OCH3 is 1. The molecular weight excluding hydrogens is 246 g/mol. The van der Waals surface area contributed by atoms with Gasteiger partial charge in [0.05, 0.1) is 7.11 Å². The fourth-order valence-electron chi connectivity index (χ4n) is 1.86. The van der Waals surface area contributed by atoms with Gasteiger partial charge in [-0.25, -0.2) is 0 Å². The van der Waals surface area contributed by atoms with E-state index in [0.717, 1.165) is 26.2 Å². The number of rotatable bonds is 3. The molecule has 7 nitrogen and oxygen atoms in total. The highest BCUT2D eigenvalue weighted by atomic mass is 16.5. The molecule has 2 heterocycles. The zero-order valence-corrected chi connectivity index (χ0v) is 11.9. The maximum atomic E-state index is 10.0. The van der Waals surface area contributed by atoms with Crippen molar-refractivity contribution in [3.8, 4) is 6.01 Å². The molecule has 19 heavy (non-hydrogen) atoms. The van der Waals surface area contributed by atoms with Crippen LogP contribution in [0.15, 0.2) is 0 Å². The van der Waals surface area contributed by atoms with Crippen LogP contribution in [-0.2, 0) is 5.60 Å². The van der Waals surface area contributed by atoms with E-state index in [1.165, 1.54) is 7.11 Å². The van der Waals surface area contributed by atoms with Crippen LogP contribution >= 0.6 is 0 Å². The van der Waals surface area contributed by atoms with Crippen LogP contribution in [0.2, 0.25) is 0 Å². The highest BCUT2D eigenvalue weighted by molar-refractivity contribution is 5.32. The Balaban J connectivity index is 2.29.